The summed E-state index contributed by atoms with van der Waals surface area (Å²) in [5.41, 5.74) is 0. The summed E-state index contributed by atoms with van der Waals surface area (Å²) >= 11 is 0. The number of hydrogen-bond acceptors (Lipinski definition) is 5. The zero-order valence-corrected chi connectivity index (χ0v) is 37.6. The minimum atomic E-state index is -0.678. The third-order valence-corrected chi connectivity index (χ3v) is 10.9. The summed E-state index contributed by atoms with van der Waals surface area (Å²) in [6.45, 7) is 4.82. The Hall–Kier alpha value is -2.18. The molecule has 6 heteroatoms. The van der Waals surface area contributed by atoms with Crippen LogP contribution in [0.1, 0.15) is 239 Å². The molecule has 0 saturated carbocycles. The largest absolute Gasteiger partial charge is 0.466 e. The molecule has 0 heterocycles. The number of esters is 1. The molecule has 0 spiro atoms. The van der Waals surface area contributed by atoms with E-state index in [4.69, 9.17) is 4.74 Å². The minimum Gasteiger partial charge on any atom is -0.466 e. The Morgan fingerprint density at radius 1 is 0.509 bits per heavy atom. The van der Waals surface area contributed by atoms with Crippen molar-refractivity contribution in [1.29, 1.82) is 0 Å². The van der Waals surface area contributed by atoms with Gasteiger partial charge in [-0.2, -0.15) is 0 Å². The Morgan fingerprint density at radius 2 is 0.947 bits per heavy atom. The van der Waals surface area contributed by atoms with Crippen molar-refractivity contribution in [3.63, 3.8) is 0 Å². The number of carbonyl (C=O) groups excluding carboxylic acids is 2. The second kappa shape index (κ2) is 46.5. The van der Waals surface area contributed by atoms with E-state index in [0.29, 0.717) is 25.9 Å². The predicted octanol–water partition coefficient (Wildman–Crippen LogP) is 14.3. The van der Waals surface area contributed by atoms with E-state index < -0.39 is 12.1 Å². The first-order valence-corrected chi connectivity index (χ1v) is 24.4. The molecule has 0 aromatic heterocycles. The molecule has 2 unspecified atom stereocenters. The van der Waals surface area contributed by atoms with Crippen molar-refractivity contribution in [3.8, 4) is 0 Å². The van der Waals surface area contributed by atoms with E-state index in [1.54, 1.807) is 0 Å². The SMILES string of the molecule is CCCC/C=C\C/C=C\CCCCCCCC(=O)OCCCCC/C=C\C=C/CCCCCCCCC(=O)NC(CO)C(O)CCCCCCCCCCCCC. The van der Waals surface area contributed by atoms with Crippen LogP contribution < -0.4 is 5.32 Å². The molecule has 0 saturated heterocycles. The van der Waals surface area contributed by atoms with Crippen LogP contribution in [0.2, 0.25) is 0 Å². The van der Waals surface area contributed by atoms with E-state index in [1.807, 2.05) is 0 Å². The monoisotopic (exact) mass is 800 g/mol. The van der Waals surface area contributed by atoms with Gasteiger partial charge in [-0.1, -0.05) is 191 Å². The zero-order chi connectivity index (χ0) is 41.5. The first kappa shape index (κ1) is 54.8. The predicted molar refractivity (Wildman–Crippen MR) is 245 cm³/mol. The first-order valence-electron chi connectivity index (χ1n) is 24.4. The van der Waals surface area contributed by atoms with Gasteiger partial charge in [0, 0.05) is 12.8 Å². The van der Waals surface area contributed by atoms with E-state index in [-0.39, 0.29) is 18.5 Å². The molecule has 0 aliphatic heterocycles. The van der Waals surface area contributed by atoms with Gasteiger partial charge in [-0.05, 0) is 83.5 Å². The molecule has 0 radical (unpaired) electrons. The van der Waals surface area contributed by atoms with Gasteiger partial charge in [0.1, 0.15) is 0 Å². The fourth-order valence-electron chi connectivity index (χ4n) is 7.06. The van der Waals surface area contributed by atoms with Crippen molar-refractivity contribution in [2.45, 2.75) is 251 Å². The van der Waals surface area contributed by atoms with Gasteiger partial charge >= 0.3 is 5.97 Å². The average molecular weight is 800 g/mol. The van der Waals surface area contributed by atoms with Gasteiger partial charge in [0.15, 0.2) is 0 Å². The van der Waals surface area contributed by atoms with Crippen LogP contribution >= 0.6 is 0 Å². The van der Waals surface area contributed by atoms with Gasteiger partial charge in [0.05, 0.1) is 25.4 Å². The van der Waals surface area contributed by atoms with Crippen molar-refractivity contribution >= 4 is 11.9 Å². The summed E-state index contributed by atoms with van der Waals surface area (Å²) in [6, 6.07) is -0.558. The number of hydrogen-bond donors (Lipinski definition) is 3. The Kier molecular flexibility index (Phi) is 44.7. The molecule has 0 aliphatic carbocycles. The van der Waals surface area contributed by atoms with Crippen LogP contribution in [-0.4, -0.2) is 47.4 Å². The maximum atomic E-state index is 12.4. The maximum Gasteiger partial charge on any atom is 0.305 e. The Morgan fingerprint density at radius 3 is 1.49 bits per heavy atom. The number of rotatable bonds is 44. The highest BCUT2D eigenvalue weighted by Gasteiger charge is 2.20. The van der Waals surface area contributed by atoms with Crippen molar-refractivity contribution in [2.24, 2.45) is 0 Å². The Labute approximate surface area is 353 Å². The fraction of sp³-hybridized carbons (Fsp3) is 0.804. The Balaban J connectivity index is 3.54. The van der Waals surface area contributed by atoms with Crippen LogP contribution in [0.15, 0.2) is 48.6 Å². The molecule has 3 N–H and O–H groups in total. The highest BCUT2D eigenvalue weighted by atomic mass is 16.5. The lowest BCUT2D eigenvalue weighted by Crippen LogP contribution is -2.45. The van der Waals surface area contributed by atoms with Gasteiger partial charge in [0.2, 0.25) is 5.91 Å². The van der Waals surface area contributed by atoms with Crippen LogP contribution in [-0.2, 0) is 14.3 Å². The lowest BCUT2D eigenvalue weighted by Gasteiger charge is -2.22. The quantitative estimate of drug-likeness (QED) is 0.0247. The van der Waals surface area contributed by atoms with Crippen molar-refractivity contribution in [1.82, 2.24) is 5.32 Å². The van der Waals surface area contributed by atoms with E-state index in [2.05, 4.69) is 67.8 Å². The number of unbranched alkanes of at least 4 members (excludes halogenated alkanes) is 26. The number of carbonyl (C=O) groups is 2. The van der Waals surface area contributed by atoms with Gasteiger partial charge < -0.3 is 20.3 Å². The Bertz CT molecular complexity index is 973. The van der Waals surface area contributed by atoms with Gasteiger partial charge in [-0.15, -0.1) is 0 Å². The number of aliphatic hydroxyl groups excluding tert-OH is 2. The number of nitrogens with one attached hydrogen (secondary N) is 1. The van der Waals surface area contributed by atoms with Gasteiger partial charge in [-0.3, -0.25) is 9.59 Å². The standard InChI is InChI=1S/C51H93NO5/c1-3-5-7-9-11-13-15-16-21-25-29-33-37-41-45-51(56)57-46-42-38-34-30-26-22-19-17-18-20-24-28-32-36-40-44-50(55)52-48(47-53)49(54)43-39-35-31-27-23-14-12-10-8-6-4-2/h9,11,15-17,19,22,26,48-49,53-54H,3-8,10,12-14,18,20-21,23-25,27-47H2,1-2H3,(H,52,55)/b11-9-,16-15-,19-17-,26-22-. The van der Waals surface area contributed by atoms with E-state index in [0.717, 1.165) is 89.9 Å². The second-order valence-electron chi connectivity index (χ2n) is 16.5. The first-order chi connectivity index (χ1) is 28.0. The molecule has 6 nitrogen and oxygen atoms in total. The molecule has 0 fully saturated rings. The van der Waals surface area contributed by atoms with Crippen LogP contribution in [0.25, 0.3) is 0 Å². The number of aliphatic hydroxyl groups is 2. The summed E-state index contributed by atoms with van der Waals surface area (Å²) in [6.07, 6.45) is 56.4. The topological polar surface area (TPSA) is 95.9 Å². The molecule has 0 aromatic rings. The third-order valence-electron chi connectivity index (χ3n) is 10.9. The van der Waals surface area contributed by atoms with Crippen LogP contribution in [0, 0.1) is 0 Å². The van der Waals surface area contributed by atoms with E-state index >= 15 is 0 Å². The molecule has 0 aromatic carbocycles. The average Bonchev–Trinajstić information content (AvgIpc) is 3.21. The number of amides is 1. The number of ether oxygens (including phenoxy) is 1. The molecule has 2 atom stereocenters. The molecule has 1 amide bonds. The third kappa shape index (κ3) is 43.2. The van der Waals surface area contributed by atoms with Gasteiger partial charge in [-0.25, -0.2) is 0 Å². The van der Waals surface area contributed by atoms with Crippen molar-refractivity contribution in [3.05, 3.63) is 48.6 Å². The highest BCUT2D eigenvalue weighted by Crippen LogP contribution is 2.15. The molecular weight excluding hydrogens is 707 g/mol. The molecule has 0 aliphatic rings. The van der Waals surface area contributed by atoms with Gasteiger partial charge in [0.25, 0.3) is 0 Å². The van der Waals surface area contributed by atoms with Crippen molar-refractivity contribution in [2.75, 3.05) is 13.2 Å². The normalized spacial score (nSPS) is 13.1. The van der Waals surface area contributed by atoms with Crippen LogP contribution in [0.4, 0.5) is 0 Å². The smallest absolute Gasteiger partial charge is 0.305 e. The molecule has 0 rings (SSSR count). The summed E-state index contributed by atoms with van der Waals surface area (Å²) in [5.74, 6) is -0.0985. The minimum absolute atomic E-state index is 0.0375. The maximum absolute atomic E-state index is 12.4. The molecular formula is C51H93NO5. The van der Waals surface area contributed by atoms with E-state index in [1.165, 1.54) is 116 Å². The molecule has 0 bridgehead atoms. The van der Waals surface area contributed by atoms with Crippen LogP contribution in [0.3, 0.4) is 0 Å². The van der Waals surface area contributed by atoms with Crippen LogP contribution in [0.5, 0.6) is 0 Å². The lowest BCUT2D eigenvalue weighted by atomic mass is 10.0. The number of allylic oxidation sites excluding steroid dienone is 8. The summed E-state index contributed by atoms with van der Waals surface area (Å²) in [5, 5.41) is 23.1. The summed E-state index contributed by atoms with van der Waals surface area (Å²) in [4.78, 5) is 24.4. The molecule has 57 heavy (non-hydrogen) atoms. The fourth-order valence-corrected chi connectivity index (χ4v) is 7.06. The second-order valence-corrected chi connectivity index (χ2v) is 16.5. The molecule has 332 valence electrons. The zero-order valence-electron chi connectivity index (χ0n) is 37.6. The van der Waals surface area contributed by atoms with Crippen molar-refractivity contribution < 1.29 is 24.5 Å². The summed E-state index contributed by atoms with van der Waals surface area (Å²) < 4.78 is 5.42. The summed E-state index contributed by atoms with van der Waals surface area (Å²) in [7, 11) is 0. The highest BCUT2D eigenvalue weighted by molar-refractivity contribution is 5.76. The van der Waals surface area contributed by atoms with E-state index in [9.17, 15) is 19.8 Å². The lowest BCUT2D eigenvalue weighted by molar-refractivity contribution is -0.143.